The molecular formula is C28H37NO8. The number of fused-ring (bicyclic) bond motifs is 3. The number of ketones is 1. The van der Waals surface area contributed by atoms with Crippen LogP contribution >= 0.6 is 0 Å². The second-order valence-corrected chi connectivity index (χ2v) is 11.9. The zero-order chi connectivity index (χ0) is 27.3. The molecule has 37 heavy (non-hydrogen) atoms. The number of aromatic nitrogens is 1. The molecule has 1 heterocycles. The molecular weight excluding hydrogens is 478 g/mol. The van der Waals surface area contributed by atoms with E-state index >= 15 is 0 Å². The third-order valence-electron chi connectivity index (χ3n) is 9.98. The van der Waals surface area contributed by atoms with Crippen molar-refractivity contribution < 1.29 is 39.3 Å². The number of rotatable bonds is 5. The van der Waals surface area contributed by atoms with E-state index in [1.807, 2.05) is 27.7 Å². The van der Waals surface area contributed by atoms with E-state index in [0.717, 1.165) is 0 Å². The van der Waals surface area contributed by atoms with Gasteiger partial charge in [0.2, 0.25) is 0 Å². The van der Waals surface area contributed by atoms with Crippen LogP contribution in [0.25, 0.3) is 0 Å². The van der Waals surface area contributed by atoms with E-state index < -0.39 is 64.6 Å². The van der Waals surface area contributed by atoms with Crippen molar-refractivity contribution in [1.29, 1.82) is 0 Å². The molecule has 1 aromatic heterocycles. The number of Topliss-reactive ketones (excluding diaryl/α,β-unsaturated/α-hetero) is 1. The fourth-order valence-corrected chi connectivity index (χ4v) is 7.94. The Bertz CT molecular complexity index is 1210. The van der Waals surface area contributed by atoms with Crippen molar-refractivity contribution in [1.82, 2.24) is 5.16 Å². The Kier molecular flexibility index (Phi) is 5.74. The van der Waals surface area contributed by atoms with Crippen molar-refractivity contribution in [3.63, 3.8) is 0 Å². The Labute approximate surface area is 216 Å². The number of aliphatic hydroxyl groups is 4. The average Bonchev–Trinajstić information content (AvgIpc) is 3.13. The lowest BCUT2D eigenvalue weighted by atomic mass is 9.59. The summed E-state index contributed by atoms with van der Waals surface area (Å²) in [5, 5.41) is 49.9. The Morgan fingerprint density at radius 1 is 1.24 bits per heavy atom. The predicted molar refractivity (Wildman–Crippen MR) is 131 cm³/mol. The third kappa shape index (κ3) is 2.97. The number of carbonyl (C=O) groups excluding carboxylic acids is 2. The zero-order valence-corrected chi connectivity index (χ0v) is 22.2. The zero-order valence-electron chi connectivity index (χ0n) is 22.2. The molecule has 8 atom stereocenters. The van der Waals surface area contributed by atoms with Crippen LogP contribution in [0.3, 0.4) is 0 Å². The van der Waals surface area contributed by atoms with Gasteiger partial charge in [-0.2, -0.15) is 0 Å². The van der Waals surface area contributed by atoms with Crippen molar-refractivity contribution in [2.75, 3.05) is 6.61 Å². The fraction of sp³-hybridized carbons (Fsp3) is 0.679. The van der Waals surface area contributed by atoms with Crippen LogP contribution in [0.2, 0.25) is 0 Å². The molecule has 1 aromatic rings. The molecule has 0 saturated heterocycles. The van der Waals surface area contributed by atoms with Crippen LogP contribution in [0.4, 0.5) is 0 Å². The van der Waals surface area contributed by atoms with Crippen LogP contribution in [-0.2, 0) is 22.4 Å². The molecule has 1 spiro atoms. The van der Waals surface area contributed by atoms with Crippen molar-refractivity contribution in [3.05, 3.63) is 40.3 Å². The molecule has 2 saturated carbocycles. The number of carbonyl (C=O) groups is 2. The van der Waals surface area contributed by atoms with E-state index in [0.29, 0.717) is 29.9 Å². The Morgan fingerprint density at radius 3 is 2.51 bits per heavy atom. The van der Waals surface area contributed by atoms with Crippen LogP contribution in [0, 0.1) is 28.6 Å². The summed E-state index contributed by atoms with van der Waals surface area (Å²) in [5.74, 6) is -2.62. The standard InChI is InChI=1S/C28H37NO8/c1-7-17-19(18(8-2)37-29-17)24(33)36-23-13(3)10-26-14(4)11-27(34)20(25(27,5)6)16(22(26)32)9-15(12-30)21(31)28(23,26)35/h9-10,14,16,20-21,23,30-31,34-35H,7-8,11-12H2,1-6H3/t14-,16+,20-,21-,23+,26+,27+,28+/m1/s1. The van der Waals surface area contributed by atoms with Gasteiger partial charge in [0.25, 0.3) is 0 Å². The molecule has 0 aromatic carbocycles. The number of nitrogens with zero attached hydrogens (tertiary/aromatic N) is 1. The Balaban J connectivity index is 1.65. The molecule has 2 bridgehead atoms. The van der Waals surface area contributed by atoms with Crippen molar-refractivity contribution in [2.45, 2.75) is 84.2 Å². The molecule has 9 nitrogen and oxygen atoms in total. The molecule has 0 radical (unpaired) electrons. The summed E-state index contributed by atoms with van der Waals surface area (Å²) in [4.78, 5) is 27.9. The number of allylic oxidation sites excluding steroid dienone is 1. The smallest absolute Gasteiger partial charge is 0.344 e. The number of ether oxygens (including phenoxy) is 1. The molecule has 2 fully saturated rings. The van der Waals surface area contributed by atoms with E-state index in [1.165, 1.54) is 6.08 Å². The van der Waals surface area contributed by atoms with Gasteiger partial charge in [0.15, 0.2) is 23.2 Å². The van der Waals surface area contributed by atoms with Crippen LogP contribution in [0.5, 0.6) is 0 Å². The molecule has 9 heteroatoms. The van der Waals surface area contributed by atoms with E-state index in [4.69, 9.17) is 9.26 Å². The van der Waals surface area contributed by atoms with Gasteiger partial charge >= 0.3 is 5.97 Å². The largest absolute Gasteiger partial charge is 0.451 e. The maximum atomic E-state index is 14.4. The first kappa shape index (κ1) is 26.3. The van der Waals surface area contributed by atoms with Gasteiger partial charge in [-0.1, -0.05) is 51.9 Å². The highest BCUT2D eigenvalue weighted by Gasteiger charge is 2.81. The molecule has 202 valence electrons. The van der Waals surface area contributed by atoms with E-state index in [-0.39, 0.29) is 23.3 Å². The van der Waals surface area contributed by atoms with Gasteiger partial charge < -0.3 is 29.7 Å². The molecule has 0 aliphatic heterocycles. The molecule has 0 amide bonds. The number of hydrogen-bond acceptors (Lipinski definition) is 9. The van der Waals surface area contributed by atoms with E-state index in [9.17, 15) is 30.0 Å². The summed E-state index contributed by atoms with van der Waals surface area (Å²) in [6.07, 6.45) is 1.12. The number of aryl methyl sites for hydroxylation is 2. The second-order valence-electron chi connectivity index (χ2n) is 11.9. The van der Waals surface area contributed by atoms with Crippen molar-refractivity contribution in [3.8, 4) is 0 Å². The predicted octanol–water partition coefficient (Wildman–Crippen LogP) is 1.91. The van der Waals surface area contributed by atoms with Gasteiger partial charge in [0, 0.05) is 23.7 Å². The van der Waals surface area contributed by atoms with Gasteiger partial charge in [0.05, 0.1) is 23.3 Å². The second kappa shape index (κ2) is 8.09. The highest BCUT2D eigenvalue weighted by atomic mass is 16.6. The van der Waals surface area contributed by atoms with Gasteiger partial charge in [-0.3, -0.25) is 4.79 Å². The number of esters is 1. The normalized spacial score (nSPS) is 41.7. The van der Waals surface area contributed by atoms with Crippen molar-refractivity contribution in [2.24, 2.45) is 28.6 Å². The SMILES string of the molecule is CCc1noc(CC)c1C(=O)O[C@H]1C(C)=C[C@]23C(=O)[C@@H](C=C(CO)[C@@H](O)[C@]12O)[C@@H]1C(C)(C)[C@]1(O)C[C@H]3C. The quantitative estimate of drug-likeness (QED) is 0.341. The van der Waals surface area contributed by atoms with Gasteiger partial charge in [-0.05, 0) is 36.8 Å². The Morgan fingerprint density at radius 2 is 1.92 bits per heavy atom. The van der Waals surface area contributed by atoms with Crippen LogP contribution in [0.15, 0.2) is 27.8 Å². The minimum atomic E-state index is -2.29. The van der Waals surface area contributed by atoms with Gasteiger partial charge in [-0.15, -0.1) is 0 Å². The van der Waals surface area contributed by atoms with Crippen LogP contribution in [-0.4, -0.2) is 67.4 Å². The first-order chi connectivity index (χ1) is 17.3. The maximum Gasteiger partial charge on any atom is 0.344 e. The summed E-state index contributed by atoms with van der Waals surface area (Å²) in [7, 11) is 0. The van der Waals surface area contributed by atoms with Crippen molar-refractivity contribution >= 4 is 11.8 Å². The summed E-state index contributed by atoms with van der Waals surface area (Å²) in [6, 6.07) is 0. The van der Waals surface area contributed by atoms with E-state index in [1.54, 1.807) is 19.9 Å². The molecule has 4 N–H and O–H groups in total. The number of aliphatic hydroxyl groups excluding tert-OH is 2. The van der Waals surface area contributed by atoms with Gasteiger partial charge in [-0.25, -0.2) is 4.79 Å². The lowest BCUT2D eigenvalue weighted by Gasteiger charge is -2.49. The minimum Gasteiger partial charge on any atom is -0.451 e. The molecule has 5 rings (SSSR count). The monoisotopic (exact) mass is 515 g/mol. The third-order valence-corrected chi connectivity index (χ3v) is 9.98. The maximum absolute atomic E-state index is 14.4. The topological polar surface area (TPSA) is 150 Å². The first-order valence-electron chi connectivity index (χ1n) is 13.1. The summed E-state index contributed by atoms with van der Waals surface area (Å²) < 4.78 is 11.2. The first-order valence-corrected chi connectivity index (χ1v) is 13.1. The summed E-state index contributed by atoms with van der Waals surface area (Å²) in [6.45, 7) is 10.3. The minimum absolute atomic E-state index is 0.0690. The molecule has 0 unspecified atom stereocenters. The summed E-state index contributed by atoms with van der Waals surface area (Å²) >= 11 is 0. The van der Waals surface area contributed by atoms with E-state index in [2.05, 4.69) is 5.16 Å². The highest BCUT2D eigenvalue weighted by Crippen LogP contribution is 2.73. The average molecular weight is 516 g/mol. The lowest BCUT2D eigenvalue weighted by molar-refractivity contribution is -0.191. The fourth-order valence-electron chi connectivity index (χ4n) is 7.94. The Hall–Kier alpha value is -2.33. The summed E-state index contributed by atoms with van der Waals surface area (Å²) in [5.41, 5.74) is -4.56. The molecule has 4 aliphatic rings. The lowest BCUT2D eigenvalue weighted by Crippen LogP contribution is -2.66. The highest BCUT2D eigenvalue weighted by molar-refractivity contribution is 5.96. The molecule has 4 aliphatic carbocycles. The van der Waals surface area contributed by atoms with Crippen LogP contribution in [0.1, 0.15) is 69.8 Å². The number of hydrogen-bond donors (Lipinski definition) is 4. The van der Waals surface area contributed by atoms with Crippen LogP contribution < -0.4 is 0 Å². The van der Waals surface area contributed by atoms with Gasteiger partial charge in [0.1, 0.15) is 11.7 Å².